The van der Waals surface area contributed by atoms with Gasteiger partial charge >= 0.3 is 0 Å². The number of benzene rings is 1. The van der Waals surface area contributed by atoms with Crippen molar-refractivity contribution in [3.63, 3.8) is 0 Å². The lowest BCUT2D eigenvalue weighted by Gasteiger charge is -2.31. The fourth-order valence-electron chi connectivity index (χ4n) is 4.05. The Morgan fingerprint density at radius 1 is 1.20 bits per heavy atom. The highest BCUT2D eigenvalue weighted by atomic mass is 16.2. The monoisotopic (exact) mass is 336 g/mol. The van der Waals surface area contributed by atoms with Crippen molar-refractivity contribution in [1.29, 1.82) is 0 Å². The van der Waals surface area contributed by atoms with Crippen molar-refractivity contribution < 1.29 is 4.79 Å². The lowest BCUT2D eigenvalue weighted by atomic mass is 10.00. The van der Waals surface area contributed by atoms with Crippen LogP contribution in [0, 0.1) is 5.92 Å². The molecule has 2 aliphatic heterocycles. The molecule has 1 amide bonds. The van der Waals surface area contributed by atoms with Crippen LogP contribution in [0.1, 0.15) is 42.7 Å². The number of aromatic nitrogens is 2. The van der Waals surface area contributed by atoms with E-state index in [0.29, 0.717) is 17.7 Å². The Morgan fingerprint density at radius 2 is 2.04 bits per heavy atom. The summed E-state index contributed by atoms with van der Waals surface area (Å²) in [5.74, 6) is 1.39. The lowest BCUT2D eigenvalue weighted by molar-refractivity contribution is 0.0677. The summed E-state index contributed by atoms with van der Waals surface area (Å²) >= 11 is 0. The number of anilines is 2. The minimum absolute atomic E-state index is 0.0235. The second-order valence-electron chi connectivity index (χ2n) is 7.31. The van der Waals surface area contributed by atoms with Crippen LogP contribution >= 0.6 is 0 Å². The molecule has 5 heteroatoms. The number of para-hydroxylation sites is 1. The normalized spacial score (nSPS) is 22.8. The molecule has 0 spiro atoms. The van der Waals surface area contributed by atoms with Crippen LogP contribution in [0.5, 0.6) is 0 Å². The first-order valence-electron chi connectivity index (χ1n) is 9.12. The Kier molecular flexibility index (Phi) is 4.15. The van der Waals surface area contributed by atoms with Crippen molar-refractivity contribution in [3.8, 4) is 0 Å². The summed E-state index contributed by atoms with van der Waals surface area (Å²) in [6.45, 7) is 6.04. The van der Waals surface area contributed by atoms with Gasteiger partial charge in [0.1, 0.15) is 17.8 Å². The Balaban J connectivity index is 1.63. The molecule has 1 fully saturated rings. The molecule has 2 aliphatic rings. The predicted octanol–water partition coefficient (Wildman–Crippen LogP) is 3.43. The molecule has 0 N–H and O–H groups in total. The smallest absolute Gasteiger partial charge is 0.272 e. The topological polar surface area (TPSA) is 49.3 Å². The van der Waals surface area contributed by atoms with Gasteiger partial charge in [-0.15, -0.1) is 0 Å². The standard InChI is InChI=1S/C20H24N4O/c1-14-6-5-9-23(12-14)20(25)17-11-19(22-13-21-17)24-15(2)10-16-7-3-4-8-18(16)24/h3-4,7-8,11,13-15H,5-6,9-10,12H2,1-2H3. The number of nitrogens with zero attached hydrogens (tertiary/aromatic N) is 4. The van der Waals surface area contributed by atoms with Crippen molar-refractivity contribution in [2.45, 2.75) is 39.2 Å². The van der Waals surface area contributed by atoms with Crippen molar-refractivity contribution >= 4 is 17.4 Å². The number of likely N-dealkylation sites (tertiary alicyclic amines) is 1. The quantitative estimate of drug-likeness (QED) is 0.843. The van der Waals surface area contributed by atoms with Gasteiger partial charge < -0.3 is 9.80 Å². The Labute approximate surface area is 148 Å². The van der Waals surface area contributed by atoms with E-state index in [1.807, 2.05) is 17.0 Å². The van der Waals surface area contributed by atoms with Gasteiger partial charge in [0.25, 0.3) is 5.91 Å². The van der Waals surface area contributed by atoms with E-state index >= 15 is 0 Å². The molecular weight excluding hydrogens is 312 g/mol. The molecule has 1 aromatic heterocycles. The number of carbonyl (C=O) groups excluding carboxylic acids is 1. The van der Waals surface area contributed by atoms with Crippen molar-refractivity contribution in [1.82, 2.24) is 14.9 Å². The van der Waals surface area contributed by atoms with Crippen LogP contribution in [0.4, 0.5) is 11.5 Å². The van der Waals surface area contributed by atoms with Gasteiger partial charge in [-0.2, -0.15) is 0 Å². The number of hydrogen-bond acceptors (Lipinski definition) is 4. The molecule has 25 heavy (non-hydrogen) atoms. The Morgan fingerprint density at radius 3 is 2.88 bits per heavy atom. The van der Waals surface area contributed by atoms with Gasteiger partial charge in [0.15, 0.2) is 0 Å². The van der Waals surface area contributed by atoms with E-state index in [0.717, 1.165) is 31.7 Å². The fourth-order valence-corrected chi connectivity index (χ4v) is 4.05. The fraction of sp³-hybridized carbons (Fsp3) is 0.450. The molecule has 0 radical (unpaired) electrons. The van der Waals surface area contributed by atoms with E-state index in [2.05, 4.69) is 46.9 Å². The highest BCUT2D eigenvalue weighted by Crippen LogP contribution is 2.37. The number of fused-ring (bicyclic) bond motifs is 1. The highest BCUT2D eigenvalue weighted by Gasteiger charge is 2.29. The Bertz CT molecular complexity index is 791. The lowest BCUT2D eigenvalue weighted by Crippen LogP contribution is -2.39. The van der Waals surface area contributed by atoms with Crippen molar-refractivity contribution in [2.75, 3.05) is 18.0 Å². The zero-order valence-corrected chi connectivity index (χ0v) is 14.9. The van der Waals surface area contributed by atoms with Crippen LogP contribution in [0.3, 0.4) is 0 Å². The molecule has 3 heterocycles. The Hall–Kier alpha value is -2.43. The maximum atomic E-state index is 12.9. The van der Waals surface area contributed by atoms with Crippen LogP contribution in [-0.4, -0.2) is 39.9 Å². The first-order chi connectivity index (χ1) is 12.1. The zero-order valence-electron chi connectivity index (χ0n) is 14.9. The van der Waals surface area contributed by atoms with E-state index < -0.39 is 0 Å². The summed E-state index contributed by atoms with van der Waals surface area (Å²) in [6, 6.07) is 10.6. The van der Waals surface area contributed by atoms with Gasteiger partial charge in [-0.1, -0.05) is 25.1 Å². The summed E-state index contributed by atoms with van der Waals surface area (Å²) in [5, 5.41) is 0. The molecule has 4 rings (SSSR count). The van der Waals surface area contributed by atoms with E-state index in [1.54, 1.807) is 0 Å². The summed E-state index contributed by atoms with van der Waals surface area (Å²) in [4.78, 5) is 25.7. The maximum Gasteiger partial charge on any atom is 0.272 e. The third-order valence-electron chi connectivity index (χ3n) is 5.27. The minimum Gasteiger partial charge on any atom is -0.337 e. The molecule has 5 nitrogen and oxygen atoms in total. The van der Waals surface area contributed by atoms with E-state index in [1.165, 1.54) is 24.0 Å². The predicted molar refractivity (Wildman–Crippen MR) is 98.1 cm³/mol. The molecule has 0 saturated carbocycles. The molecule has 2 unspecified atom stereocenters. The average molecular weight is 336 g/mol. The second kappa shape index (κ2) is 6.47. The maximum absolute atomic E-state index is 12.9. The summed E-state index contributed by atoms with van der Waals surface area (Å²) in [5.41, 5.74) is 3.00. The summed E-state index contributed by atoms with van der Waals surface area (Å²) in [7, 11) is 0. The van der Waals surface area contributed by atoms with E-state index in [4.69, 9.17) is 0 Å². The molecule has 2 atom stereocenters. The SMILES string of the molecule is CC1CCCN(C(=O)c2cc(N3c4ccccc4CC3C)ncn2)C1. The molecule has 1 saturated heterocycles. The zero-order chi connectivity index (χ0) is 17.4. The van der Waals surface area contributed by atoms with Gasteiger partial charge in [0.2, 0.25) is 0 Å². The van der Waals surface area contributed by atoms with Crippen molar-refractivity contribution in [2.24, 2.45) is 5.92 Å². The number of carbonyl (C=O) groups is 1. The molecule has 2 aromatic rings. The number of hydrogen-bond donors (Lipinski definition) is 0. The number of rotatable bonds is 2. The third kappa shape index (κ3) is 2.99. The first-order valence-corrected chi connectivity index (χ1v) is 9.12. The van der Waals surface area contributed by atoms with Gasteiger partial charge in [-0.3, -0.25) is 4.79 Å². The van der Waals surface area contributed by atoms with Crippen LogP contribution < -0.4 is 4.90 Å². The van der Waals surface area contributed by atoms with Crippen LogP contribution in [0.2, 0.25) is 0 Å². The first kappa shape index (κ1) is 16.1. The molecule has 130 valence electrons. The van der Waals surface area contributed by atoms with Crippen LogP contribution in [0.25, 0.3) is 0 Å². The number of amides is 1. The van der Waals surface area contributed by atoms with Crippen molar-refractivity contribution in [3.05, 3.63) is 47.9 Å². The minimum atomic E-state index is 0.0235. The van der Waals surface area contributed by atoms with E-state index in [-0.39, 0.29) is 5.91 Å². The van der Waals surface area contributed by atoms with Gasteiger partial charge in [-0.25, -0.2) is 9.97 Å². The third-order valence-corrected chi connectivity index (χ3v) is 5.27. The van der Waals surface area contributed by atoms with Gasteiger partial charge in [0, 0.05) is 30.9 Å². The molecule has 1 aromatic carbocycles. The van der Waals surface area contributed by atoms with E-state index in [9.17, 15) is 4.79 Å². The van der Waals surface area contributed by atoms with Gasteiger partial charge in [0.05, 0.1) is 0 Å². The molecule has 0 aliphatic carbocycles. The largest absolute Gasteiger partial charge is 0.337 e. The summed E-state index contributed by atoms with van der Waals surface area (Å²) in [6.07, 6.45) is 4.78. The second-order valence-corrected chi connectivity index (χ2v) is 7.31. The van der Waals surface area contributed by atoms with Gasteiger partial charge in [-0.05, 0) is 43.7 Å². The number of piperidine rings is 1. The average Bonchev–Trinajstić information content (AvgIpc) is 2.97. The highest BCUT2D eigenvalue weighted by molar-refractivity contribution is 5.93. The van der Waals surface area contributed by atoms with Crippen LogP contribution in [-0.2, 0) is 6.42 Å². The summed E-state index contributed by atoms with van der Waals surface area (Å²) < 4.78 is 0. The molecule has 0 bridgehead atoms. The van der Waals surface area contributed by atoms with Crippen LogP contribution in [0.15, 0.2) is 36.7 Å². The molecular formula is C20H24N4O.